The third kappa shape index (κ3) is 3.72. The molecule has 0 aliphatic rings. The zero-order valence-electron chi connectivity index (χ0n) is 13.7. The first-order chi connectivity index (χ1) is 12.4. The van der Waals surface area contributed by atoms with Gasteiger partial charge in [-0.15, -0.1) is 0 Å². The van der Waals surface area contributed by atoms with Gasteiger partial charge in [-0.1, -0.05) is 23.8 Å². The topological polar surface area (TPSA) is 46.1 Å². The molecule has 1 amide bonds. The van der Waals surface area contributed by atoms with Crippen LogP contribution in [0.5, 0.6) is 0 Å². The summed E-state index contributed by atoms with van der Waals surface area (Å²) in [6, 6.07) is 13.6. The number of anilines is 2. The van der Waals surface area contributed by atoms with Gasteiger partial charge >= 0.3 is 6.18 Å². The average Bonchev–Trinajstić information content (AvgIpc) is 2.62. The summed E-state index contributed by atoms with van der Waals surface area (Å²) < 4.78 is 38.1. The highest BCUT2D eigenvalue weighted by Crippen LogP contribution is 2.31. The van der Waals surface area contributed by atoms with Crippen LogP contribution in [0.4, 0.5) is 24.8 Å². The first-order valence-electron chi connectivity index (χ1n) is 7.70. The van der Waals surface area contributed by atoms with Crippen molar-refractivity contribution in [3.05, 3.63) is 71.9 Å². The molecule has 4 nitrogen and oxygen atoms in total. The summed E-state index contributed by atoms with van der Waals surface area (Å²) in [6.07, 6.45) is -2.47. The Balaban J connectivity index is 1.96. The highest BCUT2D eigenvalue weighted by Gasteiger charge is 2.30. The van der Waals surface area contributed by atoms with Crippen molar-refractivity contribution < 1.29 is 18.0 Å². The molecule has 0 atom stereocenters. The van der Waals surface area contributed by atoms with Gasteiger partial charge < -0.3 is 0 Å². The van der Waals surface area contributed by atoms with Gasteiger partial charge in [-0.2, -0.15) is 13.2 Å². The monoisotopic (exact) mass is 357 g/mol. The lowest BCUT2D eigenvalue weighted by Gasteiger charge is -2.17. The molecule has 0 saturated carbocycles. The summed E-state index contributed by atoms with van der Waals surface area (Å²) in [5.41, 5.74) is 1.97. The van der Waals surface area contributed by atoms with Gasteiger partial charge in [0.2, 0.25) is 12.4 Å². The highest BCUT2D eigenvalue weighted by molar-refractivity contribution is 5.84. The molecule has 2 aromatic carbocycles. The smallest absolute Gasteiger partial charge is 0.278 e. The van der Waals surface area contributed by atoms with E-state index in [0.717, 1.165) is 28.2 Å². The van der Waals surface area contributed by atoms with E-state index in [-0.39, 0.29) is 11.6 Å². The number of amides is 1. The second kappa shape index (κ2) is 6.95. The van der Waals surface area contributed by atoms with Crippen LogP contribution in [0.25, 0.3) is 11.3 Å². The average molecular weight is 357 g/mol. The molecule has 0 radical (unpaired) electrons. The molecule has 0 spiro atoms. The maximum absolute atomic E-state index is 12.7. The molecule has 0 aliphatic heterocycles. The number of halogens is 3. The summed E-state index contributed by atoms with van der Waals surface area (Å²) in [7, 11) is 0. The minimum absolute atomic E-state index is 0.0822. The number of rotatable bonds is 4. The van der Waals surface area contributed by atoms with Crippen LogP contribution in [-0.4, -0.2) is 16.4 Å². The Kier molecular flexibility index (Phi) is 4.71. The molecule has 0 unspecified atom stereocenters. The van der Waals surface area contributed by atoms with Crippen LogP contribution in [0.2, 0.25) is 0 Å². The van der Waals surface area contributed by atoms with Crippen molar-refractivity contribution in [2.45, 2.75) is 13.1 Å². The molecule has 0 N–H and O–H groups in total. The molecule has 1 aromatic heterocycles. The fourth-order valence-electron chi connectivity index (χ4n) is 2.46. The predicted octanol–water partition coefficient (Wildman–Crippen LogP) is 4.77. The molecule has 1 heterocycles. The van der Waals surface area contributed by atoms with Crippen molar-refractivity contribution in [3.63, 3.8) is 0 Å². The standard InChI is InChI=1S/C19H14F3N3O/c1-13-3-2-4-14(11-13)17-9-10-23-18(24-17)25(12-26)16-7-5-15(6-8-16)19(20,21)22/h2-12H,1H3. The number of hydrogen-bond acceptors (Lipinski definition) is 3. The normalized spacial score (nSPS) is 11.2. The summed E-state index contributed by atoms with van der Waals surface area (Å²) in [4.78, 5) is 21.0. The van der Waals surface area contributed by atoms with Crippen LogP contribution in [0.3, 0.4) is 0 Å². The van der Waals surface area contributed by atoms with Crippen LogP contribution in [0.15, 0.2) is 60.8 Å². The Morgan fingerprint density at radius 3 is 2.38 bits per heavy atom. The SMILES string of the molecule is Cc1cccc(-c2ccnc(N(C=O)c3ccc(C(F)(F)F)cc3)n2)c1. The zero-order valence-corrected chi connectivity index (χ0v) is 13.7. The number of aromatic nitrogens is 2. The van der Waals surface area contributed by atoms with Gasteiger partial charge in [0.1, 0.15) is 0 Å². The first kappa shape index (κ1) is 17.6. The first-order valence-corrected chi connectivity index (χ1v) is 7.70. The summed E-state index contributed by atoms with van der Waals surface area (Å²) in [5.74, 6) is 0.0822. The van der Waals surface area contributed by atoms with Crippen molar-refractivity contribution in [3.8, 4) is 11.3 Å². The van der Waals surface area contributed by atoms with E-state index in [4.69, 9.17) is 0 Å². The Hall–Kier alpha value is -3.22. The fraction of sp³-hybridized carbons (Fsp3) is 0.105. The van der Waals surface area contributed by atoms with Crippen LogP contribution >= 0.6 is 0 Å². The summed E-state index contributed by atoms with van der Waals surface area (Å²) in [5, 5.41) is 0. The number of benzene rings is 2. The molecule has 0 fully saturated rings. The van der Waals surface area contributed by atoms with Gasteiger partial charge in [0.05, 0.1) is 16.9 Å². The number of alkyl halides is 3. The Morgan fingerprint density at radius 1 is 1.04 bits per heavy atom. The third-order valence-electron chi connectivity index (χ3n) is 3.75. The molecular formula is C19H14F3N3O. The largest absolute Gasteiger partial charge is 0.416 e. The Bertz CT molecular complexity index is 924. The van der Waals surface area contributed by atoms with E-state index in [9.17, 15) is 18.0 Å². The van der Waals surface area contributed by atoms with E-state index in [1.165, 1.54) is 18.3 Å². The van der Waals surface area contributed by atoms with E-state index >= 15 is 0 Å². The molecule has 3 aromatic rings. The van der Waals surface area contributed by atoms with E-state index in [1.54, 1.807) is 6.07 Å². The van der Waals surface area contributed by atoms with Gasteiger partial charge in [0, 0.05) is 11.8 Å². The lowest BCUT2D eigenvalue weighted by molar-refractivity contribution is -0.137. The minimum atomic E-state index is -4.44. The van der Waals surface area contributed by atoms with Crippen LogP contribution in [0.1, 0.15) is 11.1 Å². The molecule has 0 saturated heterocycles. The van der Waals surface area contributed by atoms with Crippen LogP contribution in [0, 0.1) is 6.92 Å². The van der Waals surface area contributed by atoms with Gasteiger partial charge in [-0.25, -0.2) is 9.97 Å². The number of hydrogen-bond donors (Lipinski definition) is 0. The van der Waals surface area contributed by atoms with Crippen molar-refractivity contribution >= 4 is 18.0 Å². The van der Waals surface area contributed by atoms with Crippen molar-refractivity contribution in [1.29, 1.82) is 0 Å². The lowest BCUT2D eigenvalue weighted by atomic mass is 10.1. The Morgan fingerprint density at radius 2 is 1.77 bits per heavy atom. The second-order valence-corrected chi connectivity index (χ2v) is 5.63. The van der Waals surface area contributed by atoms with Crippen molar-refractivity contribution in [1.82, 2.24) is 9.97 Å². The molecule has 0 aliphatic carbocycles. The Labute approximate surface area is 147 Å². The minimum Gasteiger partial charge on any atom is -0.278 e. The van der Waals surface area contributed by atoms with E-state index < -0.39 is 11.7 Å². The van der Waals surface area contributed by atoms with Gasteiger partial charge in [0.25, 0.3) is 0 Å². The highest BCUT2D eigenvalue weighted by atomic mass is 19.4. The number of carbonyl (C=O) groups excluding carboxylic acids is 1. The van der Waals surface area contributed by atoms with Gasteiger partial charge in [-0.05, 0) is 43.3 Å². The van der Waals surface area contributed by atoms with E-state index in [1.807, 2.05) is 31.2 Å². The lowest BCUT2D eigenvalue weighted by Crippen LogP contribution is -2.17. The molecule has 0 bridgehead atoms. The van der Waals surface area contributed by atoms with E-state index in [0.29, 0.717) is 12.1 Å². The number of carbonyl (C=O) groups is 1. The fourth-order valence-corrected chi connectivity index (χ4v) is 2.46. The summed E-state index contributed by atoms with van der Waals surface area (Å²) >= 11 is 0. The molecular weight excluding hydrogens is 343 g/mol. The van der Waals surface area contributed by atoms with Gasteiger partial charge in [-0.3, -0.25) is 9.69 Å². The molecule has 7 heteroatoms. The maximum atomic E-state index is 12.7. The predicted molar refractivity (Wildman–Crippen MR) is 91.9 cm³/mol. The quantitative estimate of drug-likeness (QED) is 0.632. The zero-order chi connectivity index (χ0) is 18.7. The van der Waals surface area contributed by atoms with Crippen LogP contribution in [-0.2, 0) is 11.0 Å². The number of nitrogens with zero attached hydrogens (tertiary/aromatic N) is 3. The van der Waals surface area contributed by atoms with E-state index in [2.05, 4.69) is 9.97 Å². The van der Waals surface area contributed by atoms with Crippen molar-refractivity contribution in [2.75, 3.05) is 4.90 Å². The second-order valence-electron chi connectivity index (χ2n) is 5.63. The third-order valence-corrected chi connectivity index (χ3v) is 3.75. The molecule has 3 rings (SSSR count). The van der Waals surface area contributed by atoms with Crippen molar-refractivity contribution in [2.24, 2.45) is 0 Å². The van der Waals surface area contributed by atoms with Crippen LogP contribution < -0.4 is 4.90 Å². The maximum Gasteiger partial charge on any atom is 0.416 e. The molecule has 26 heavy (non-hydrogen) atoms. The van der Waals surface area contributed by atoms with Gasteiger partial charge in [0.15, 0.2) is 0 Å². The number of aryl methyl sites for hydroxylation is 1. The summed E-state index contributed by atoms with van der Waals surface area (Å²) in [6.45, 7) is 1.95. The molecule has 132 valence electrons.